The van der Waals surface area contributed by atoms with E-state index >= 15 is 0 Å². The molecule has 3 heteroatoms. The molecule has 0 spiro atoms. The minimum absolute atomic E-state index is 0.0859. The van der Waals surface area contributed by atoms with E-state index in [1.54, 1.807) is 7.11 Å². The average Bonchev–Trinajstić information content (AvgIpc) is 2.36. The van der Waals surface area contributed by atoms with E-state index in [2.05, 4.69) is 0 Å². The van der Waals surface area contributed by atoms with E-state index in [4.69, 9.17) is 10.5 Å². The van der Waals surface area contributed by atoms with Crippen LogP contribution < -0.4 is 10.5 Å². The molecular formula is C15H17NO2. The van der Waals surface area contributed by atoms with Crippen LogP contribution in [-0.4, -0.2) is 18.9 Å². The predicted octanol–water partition coefficient (Wildman–Crippen LogP) is 2.77. The van der Waals surface area contributed by atoms with Crippen molar-refractivity contribution in [3.8, 4) is 5.75 Å². The summed E-state index contributed by atoms with van der Waals surface area (Å²) < 4.78 is 5.17. The molecule has 1 atom stereocenters. The summed E-state index contributed by atoms with van der Waals surface area (Å²) >= 11 is 0. The Labute approximate surface area is 107 Å². The van der Waals surface area contributed by atoms with Crippen molar-refractivity contribution in [2.24, 2.45) is 5.73 Å². The van der Waals surface area contributed by atoms with E-state index in [9.17, 15) is 4.79 Å². The number of methoxy groups -OCH3 is 1. The molecule has 2 rings (SSSR count). The maximum atomic E-state index is 11.9. The van der Waals surface area contributed by atoms with E-state index in [-0.39, 0.29) is 11.8 Å². The summed E-state index contributed by atoms with van der Waals surface area (Å²) in [6.07, 6.45) is 0.377. The Bertz CT molecular complexity index is 576. The van der Waals surface area contributed by atoms with Crippen LogP contribution in [0.2, 0.25) is 0 Å². The molecule has 0 aliphatic heterocycles. The first kappa shape index (κ1) is 12.6. The smallest absolute Gasteiger partial charge is 0.164 e. The lowest BCUT2D eigenvalue weighted by Crippen LogP contribution is -2.19. The van der Waals surface area contributed by atoms with Gasteiger partial charge in [-0.25, -0.2) is 0 Å². The van der Waals surface area contributed by atoms with Crippen LogP contribution in [0, 0.1) is 0 Å². The number of carbonyl (C=O) groups excluding carboxylic acids is 1. The minimum atomic E-state index is -0.107. The van der Waals surface area contributed by atoms with Gasteiger partial charge < -0.3 is 10.5 Å². The molecule has 2 N–H and O–H groups in total. The molecule has 0 aromatic heterocycles. The zero-order chi connectivity index (χ0) is 13.1. The lowest BCUT2D eigenvalue weighted by atomic mass is 10.0. The van der Waals surface area contributed by atoms with Crippen LogP contribution in [-0.2, 0) is 0 Å². The minimum Gasteiger partial charge on any atom is -0.497 e. The molecule has 18 heavy (non-hydrogen) atoms. The Hall–Kier alpha value is -1.87. The summed E-state index contributed by atoms with van der Waals surface area (Å²) in [5.41, 5.74) is 6.36. The molecule has 2 aromatic rings. The number of ketones is 1. The molecule has 0 heterocycles. The third-order valence-corrected chi connectivity index (χ3v) is 2.88. The molecule has 0 bridgehead atoms. The van der Waals surface area contributed by atoms with E-state index in [0.717, 1.165) is 16.5 Å². The highest BCUT2D eigenvalue weighted by Gasteiger charge is 2.09. The number of nitrogens with two attached hydrogens (primary N) is 1. The monoisotopic (exact) mass is 243 g/mol. The Morgan fingerprint density at radius 3 is 2.56 bits per heavy atom. The number of hydrogen-bond acceptors (Lipinski definition) is 3. The van der Waals surface area contributed by atoms with Crippen molar-refractivity contribution >= 4 is 16.6 Å². The van der Waals surface area contributed by atoms with Crippen LogP contribution in [0.15, 0.2) is 36.4 Å². The Morgan fingerprint density at radius 2 is 1.89 bits per heavy atom. The fourth-order valence-corrected chi connectivity index (χ4v) is 1.93. The van der Waals surface area contributed by atoms with Crippen LogP contribution in [0.3, 0.4) is 0 Å². The summed E-state index contributed by atoms with van der Waals surface area (Å²) in [6.45, 7) is 1.84. The number of ether oxygens (including phenoxy) is 1. The quantitative estimate of drug-likeness (QED) is 0.840. The average molecular weight is 243 g/mol. The van der Waals surface area contributed by atoms with Crippen LogP contribution in [0.25, 0.3) is 10.8 Å². The normalized spacial score (nSPS) is 12.4. The summed E-state index contributed by atoms with van der Waals surface area (Å²) in [7, 11) is 1.64. The molecule has 0 radical (unpaired) electrons. The van der Waals surface area contributed by atoms with E-state index in [1.165, 1.54) is 0 Å². The zero-order valence-corrected chi connectivity index (χ0v) is 10.6. The Kier molecular flexibility index (Phi) is 3.63. The summed E-state index contributed by atoms with van der Waals surface area (Å²) in [6, 6.07) is 11.4. The fraction of sp³-hybridized carbons (Fsp3) is 0.267. The van der Waals surface area contributed by atoms with Crippen molar-refractivity contribution in [2.45, 2.75) is 19.4 Å². The molecule has 0 fully saturated rings. The van der Waals surface area contributed by atoms with Gasteiger partial charge in [-0.05, 0) is 35.9 Å². The molecule has 0 aliphatic carbocycles. The second kappa shape index (κ2) is 5.19. The third kappa shape index (κ3) is 2.68. The maximum Gasteiger partial charge on any atom is 0.164 e. The van der Waals surface area contributed by atoms with Gasteiger partial charge in [-0.1, -0.05) is 18.2 Å². The standard InChI is InChI=1S/C15H17NO2/c1-10(16)7-15(17)13-4-3-12-9-14(18-2)6-5-11(12)8-13/h3-6,8-10H,7,16H2,1-2H3. The maximum absolute atomic E-state index is 11.9. The number of Topliss-reactive ketones (excluding diaryl/α,β-unsaturated/α-hetero) is 1. The lowest BCUT2D eigenvalue weighted by Gasteiger charge is -2.06. The fourth-order valence-electron chi connectivity index (χ4n) is 1.93. The molecule has 0 aliphatic rings. The molecule has 0 saturated heterocycles. The largest absolute Gasteiger partial charge is 0.497 e. The SMILES string of the molecule is COc1ccc2cc(C(=O)CC(C)N)ccc2c1. The first-order valence-electron chi connectivity index (χ1n) is 5.97. The number of hydrogen-bond donors (Lipinski definition) is 1. The highest BCUT2D eigenvalue weighted by Crippen LogP contribution is 2.22. The van der Waals surface area contributed by atoms with Crippen molar-refractivity contribution in [3.63, 3.8) is 0 Å². The van der Waals surface area contributed by atoms with Crippen molar-refractivity contribution in [2.75, 3.05) is 7.11 Å². The van der Waals surface area contributed by atoms with Crippen LogP contribution in [0.5, 0.6) is 5.75 Å². The second-order valence-corrected chi connectivity index (χ2v) is 4.53. The molecule has 94 valence electrons. The molecule has 0 saturated carbocycles. The Balaban J connectivity index is 2.36. The Morgan fingerprint density at radius 1 is 1.22 bits per heavy atom. The van der Waals surface area contributed by atoms with Gasteiger partial charge in [0.05, 0.1) is 7.11 Å². The topological polar surface area (TPSA) is 52.3 Å². The lowest BCUT2D eigenvalue weighted by molar-refractivity contribution is 0.0976. The van der Waals surface area contributed by atoms with Gasteiger partial charge in [-0.3, -0.25) is 4.79 Å². The van der Waals surface area contributed by atoms with Crippen molar-refractivity contribution < 1.29 is 9.53 Å². The van der Waals surface area contributed by atoms with E-state index in [1.807, 2.05) is 43.3 Å². The molecular weight excluding hydrogens is 226 g/mol. The third-order valence-electron chi connectivity index (χ3n) is 2.88. The van der Waals surface area contributed by atoms with Crippen molar-refractivity contribution in [3.05, 3.63) is 42.0 Å². The number of fused-ring (bicyclic) bond motifs is 1. The number of rotatable bonds is 4. The van der Waals surface area contributed by atoms with Crippen molar-refractivity contribution in [1.82, 2.24) is 0 Å². The number of benzene rings is 2. The molecule has 1 unspecified atom stereocenters. The summed E-state index contributed by atoms with van der Waals surface area (Å²) in [5, 5.41) is 2.10. The van der Waals surface area contributed by atoms with Crippen molar-refractivity contribution in [1.29, 1.82) is 0 Å². The van der Waals surface area contributed by atoms with E-state index in [0.29, 0.717) is 12.0 Å². The molecule has 0 amide bonds. The predicted molar refractivity (Wildman–Crippen MR) is 73.1 cm³/mol. The second-order valence-electron chi connectivity index (χ2n) is 4.53. The first-order chi connectivity index (χ1) is 8.60. The van der Waals surface area contributed by atoms with Gasteiger partial charge in [0.2, 0.25) is 0 Å². The van der Waals surface area contributed by atoms with Gasteiger partial charge in [0.1, 0.15) is 5.75 Å². The van der Waals surface area contributed by atoms with Gasteiger partial charge in [-0.2, -0.15) is 0 Å². The zero-order valence-electron chi connectivity index (χ0n) is 10.6. The van der Waals surface area contributed by atoms with E-state index < -0.39 is 0 Å². The summed E-state index contributed by atoms with van der Waals surface area (Å²) in [4.78, 5) is 11.9. The first-order valence-corrected chi connectivity index (χ1v) is 5.97. The van der Waals surface area contributed by atoms with Gasteiger partial charge >= 0.3 is 0 Å². The number of carbonyl (C=O) groups is 1. The summed E-state index contributed by atoms with van der Waals surface area (Å²) in [5.74, 6) is 0.903. The van der Waals surface area contributed by atoms with Crippen LogP contribution in [0.1, 0.15) is 23.7 Å². The van der Waals surface area contributed by atoms with Crippen LogP contribution in [0.4, 0.5) is 0 Å². The molecule has 3 nitrogen and oxygen atoms in total. The van der Waals surface area contributed by atoms with Crippen LogP contribution >= 0.6 is 0 Å². The highest BCUT2D eigenvalue weighted by molar-refractivity contribution is 6.00. The highest BCUT2D eigenvalue weighted by atomic mass is 16.5. The van der Waals surface area contributed by atoms with Gasteiger partial charge in [-0.15, -0.1) is 0 Å². The van der Waals surface area contributed by atoms with Gasteiger partial charge in [0, 0.05) is 18.0 Å². The molecule has 2 aromatic carbocycles. The van der Waals surface area contributed by atoms with Gasteiger partial charge in [0.15, 0.2) is 5.78 Å². The van der Waals surface area contributed by atoms with Gasteiger partial charge in [0.25, 0.3) is 0 Å².